The average Bonchev–Trinajstić information content (AvgIpc) is 3.15. The van der Waals surface area contributed by atoms with Gasteiger partial charge in [-0.25, -0.2) is 9.78 Å². The third-order valence-electron chi connectivity index (χ3n) is 5.07. The van der Waals surface area contributed by atoms with Crippen molar-refractivity contribution < 1.29 is 9.53 Å². The zero-order chi connectivity index (χ0) is 18.8. The Morgan fingerprint density at radius 3 is 2.93 bits per heavy atom. The molecular weight excluding hydrogens is 358 g/mol. The maximum Gasteiger partial charge on any atom is 0.317 e. The molecule has 0 radical (unpaired) electrons. The average molecular weight is 382 g/mol. The second-order valence-electron chi connectivity index (χ2n) is 6.98. The van der Waals surface area contributed by atoms with Crippen LogP contribution in [0.3, 0.4) is 0 Å². The van der Waals surface area contributed by atoms with E-state index in [1.807, 2.05) is 50.4 Å². The minimum atomic E-state index is -0.0828. The van der Waals surface area contributed by atoms with E-state index in [9.17, 15) is 4.79 Å². The van der Waals surface area contributed by atoms with Crippen LogP contribution in [0.5, 0.6) is 5.75 Å². The lowest BCUT2D eigenvalue weighted by molar-refractivity contribution is 0.183. The van der Waals surface area contributed by atoms with Crippen LogP contribution in [0.2, 0.25) is 0 Å². The SMILES string of the molecule is C[C@H](c1nc2ccccc2s1)N(C)C(=O)NC[C@@H]1COc2ccccc2C1. The van der Waals surface area contributed by atoms with Gasteiger partial charge in [0.05, 0.1) is 22.9 Å². The van der Waals surface area contributed by atoms with Gasteiger partial charge in [0.2, 0.25) is 0 Å². The Bertz CT molecular complexity index is 922. The van der Waals surface area contributed by atoms with Gasteiger partial charge >= 0.3 is 6.03 Å². The fraction of sp³-hybridized carbons (Fsp3) is 0.333. The Kier molecular flexibility index (Phi) is 4.99. The summed E-state index contributed by atoms with van der Waals surface area (Å²) in [6, 6.07) is 16.0. The van der Waals surface area contributed by atoms with Gasteiger partial charge in [-0.15, -0.1) is 11.3 Å². The number of hydrogen-bond acceptors (Lipinski definition) is 4. The molecule has 0 bridgehead atoms. The smallest absolute Gasteiger partial charge is 0.317 e. The number of carbonyl (C=O) groups is 1. The van der Waals surface area contributed by atoms with Crippen molar-refractivity contribution in [1.82, 2.24) is 15.2 Å². The number of amides is 2. The molecule has 4 rings (SSSR count). The first kappa shape index (κ1) is 17.8. The summed E-state index contributed by atoms with van der Waals surface area (Å²) in [7, 11) is 1.82. The highest BCUT2D eigenvalue weighted by molar-refractivity contribution is 7.18. The molecule has 1 N–H and O–H groups in total. The van der Waals surface area contributed by atoms with Crippen molar-refractivity contribution in [2.45, 2.75) is 19.4 Å². The second-order valence-corrected chi connectivity index (χ2v) is 8.04. The van der Waals surface area contributed by atoms with Gasteiger partial charge in [-0.1, -0.05) is 30.3 Å². The van der Waals surface area contributed by atoms with Gasteiger partial charge in [0.1, 0.15) is 10.8 Å². The minimum absolute atomic E-state index is 0.0780. The molecule has 3 aromatic rings. The third kappa shape index (κ3) is 3.76. The van der Waals surface area contributed by atoms with Gasteiger partial charge in [-0.3, -0.25) is 0 Å². The summed E-state index contributed by atoms with van der Waals surface area (Å²) in [5.74, 6) is 1.25. The summed E-state index contributed by atoms with van der Waals surface area (Å²) >= 11 is 1.64. The summed E-state index contributed by atoms with van der Waals surface area (Å²) in [6.45, 7) is 3.25. The normalized spacial score (nSPS) is 17.0. The van der Waals surface area contributed by atoms with E-state index >= 15 is 0 Å². The number of ether oxygens (including phenoxy) is 1. The van der Waals surface area contributed by atoms with E-state index in [-0.39, 0.29) is 18.0 Å². The van der Waals surface area contributed by atoms with Crippen molar-refractivity contribution in [1.29, 1.82) is 0 Å². The lowest BCUT2D eigenvalue weighted by Crippen LogP contribution is -2.42. The summed E-state index contributed by atoms with van der Waals surface area (Å²) < 4.78 is 6.95. The molecule has 2 heterocycles. The quantitative estimate of drug-likeness (QED) is 0.735. The Labute approximate surface area is 163 Å². The first-order valence-electron chi connectivity index (χ1n) is 9.18. The molecule has 0 saturated heterocycles. The fourth-order valence-electron chi connectivity index (χ4n) is 3.29. The van der Waals surface area contributed by atoms with E-state index in [0.717, 1.165) is 27.4 Å². The van der Waals surface area contributed by atoms with Crippen molar-refractivity contribution in [3.63, 3.8) is 0 Å². The van der Waals surface area contributed by atoms with Gasteiger partial charge in [-0.05, 0) is 37.1 Å². The van der Waals surface area contributed by atoms with Crippen LogP contribution in [0.15, 0.2) is 48.5 Å². The summed E-state index contributed by atoms with van der Waals surface area (Å²) in [5, 5.41) is 4.00. The predicted molar refractivity (Wildman–Crippen MR) is 108 cm³/mol. The lowest BCUT2D eigenvalue weighted by atomic mass is 9.97. The largest absolute Gasteiger partial charge is 0.493 e. The third-order valence-corrected chi connectivity index (χ3v) is 6.27. The molecule has 27 heavy (non-hydrogen) atoms. The summed E-state index contributed by atoms with van der Waals surface area (Å²) in [4.78, 5) is 19.0. The molecule has 0 fully saturated rings. The zero-order valence-corrected chi connectivity index (χ0v) is 16.3. The highest BCUT2D eigenvalue weighted by Gasteiger charge is 2.23. The molecule has 140 valence electrons. The molecule has 5 nitrogen and oxygen atoms in total. The lowest BCUT2D eigenvalue weighted by Gasteiger charge is -2.28. The number of rotatable bonds is 4. The number of carbonyl (C=O) groups excluding carboxylic acids is 1. The van der Waals surface area contributed by atoms with Gasteiger partial charge in [0.25, 0.3) is 0 Å². The zero-order valence-electron chi connectivity index (χ0n) is 15.5. The fourth-order valence-corrected chi connectivity index (χ4v) is 4.35. The van der Waals surface area contributed by atoms with Crippen molar-refractivity contribution in [3.8, 4) is 5.75 Å². The summed E-state index contributed by atoms with van der Waals surface area (Å²) in [5.41, 5.74) is 2.19. The van der Waals surface area contributed by atoms with E-state index in [1.165, 1.54) is 5.56 Å². The van der Waals surface area contributed by atoms with Crippen molar-refractivity contribution in [2.75, 3.05) is 20.2 Å². The maximum atomic E-state index is 12.6. The molecule has 0 spiro atoms. The molecule has 2 atom stereocenters. The van der Waals surface area contributed by atoms with E-state index in [0.29, 0.717) is 13.2 Å². The van der Waals surface area contributed by atoms with Crippen LogP contribution in [-0.4, -0.2) is 36.1 Å². The van der Waals surface area contributed by atoms with Crippen LogP contribution >= 0.6 is 11.3 Å². The number of fused-ring (bicyclic) bond motifs is 2. The molecule has 0 aliphatic carbocycles. The standard InChI is InChI=1S/C21H23N3O2S/c1-14(20-23-17-8-4-6-10-19(17)27-20)24(2)21(25)22-12-15-11-16-7-3-5-9-18(16)26-13-15/h3-10,14-15H,11-13H2,1-2H3,(H,22,25)/t14-,15-/m1/s1. The topological polar surface area (TPSA) is 54.5 Å². The molecule has 0 saturated carbocycles. The number of urea groups is 1. The minimum Gasteiger partial charge on any atom is -0.493 e. The van der Waals surface area contributed by atoms with E-state index in [2.05, 4.69) is 22.4 Å². The summed E-state index contributed by atoms with van der Waals surface area (Å²) in [6.07, 6.45) is 0.924. The number of para-hydroxylation sites is 2. The highest BCUT2D eigenvalue weighted by atomic mass is 32.1. The number of thiazole rings is 1. The van der Waals surface area contributed by atoms with Crippen molar-refractivity contribution in [3.05, 3.63) is 59.1 Å². The first-order chi connectivity index (χ1) is 13.1. The molecule has 1 aliphatic rings. The Morgan fingerprint density at radius 2 is 2.07 bits per heavy atom. The van der Waals surface area contributed by atoms with Gasteiger partial charge in [0, 0.05) is 19.5 Å². The molecule has 6 heteroatoms. The van der Waals surface area contributed by atoms with Gasteiger partial charge in [0.15, 0.2) is 0 Å². The van der Waals surface area contributed by atoms with Gasteiger partial charge < -0.3 is 15.0 Å². The van der Waals surface area contributed by atoms with Crippen LogP contribution in [-0.2, 0) is 6.42 Å². The first-order valence-corrected chi connectivity index (χ1v) is 10.0. The number of nitrogens with one attached hydrogen (secondary N) is 1. The Balaban J connectivity index is 1.35. The monoisotopic (exact) mass is 381 g/mol. The predicted octanol–water partition coefficient (Wildman–Crippen LogP) is 4.25. The van der Waals surface area contributed by atoms with Crippen LogP contribution in [0.25, 0.3) is 10.2 Å². The second kappa shape index (κ2) is 7.56. The van der Waals surface area contributed by atoms with Crippen molar-refractivity contribution >= 4 is 27.6 Å². The van der Waals surface area contributed by atoms with Crippen LogP contribution in [0, 0.1) is 5.92 Å². The molecular formula is C21H23N3O2S. The van der Waals surface area contributed by atoms with Crippen molar-refractivity contribution in [2.24, 2.45) is 5.92 Å². The number of hydrogen-bond donors (Lipinski definition) is 1. The van der Waals surface area contributed by atoms with E-state index in [1.54, 1.807) is 16.2 Å². The molecule has 0 unspecified atom stereocenters. The van der Waals surface area contributed by atoms with Crippen LogP contribution < -0.4 is 10.1 Å². The van der Waals surface area contributed by atoms with Crippen LogP contribution in [0.4, 0.5) is 4.79 Å². The van der Waals surface area contributed by atoms with E-state index < -0.39 is 0 Å². The highest BCUT2D eigenvalue weighted by Crippen LogP contribution is 2.29. The Morgan fingerprint density at radius 1 is 1.30 bits per heavy atom. The molecule has 2 aromatic carbocycles. The molecule has 1 aromatic heterocycles. The Hall–Kier alpha value is -2.60. The van der Waals surface area contributed by atoms with Gasteiger partial charge in [-0.2, -0.15) is 0 Å². The molecule has 1 aliphatic heterocycles. The number of aromatic nitrogens is 1. The number of benzene rings is 2. The molecule has 2 amide bonds. The maximum absolute atomic E-state index is 12.6. The van der Waals surface area contributed by atoms with E-state index in [4.69, 9.17) is 4.74 Å². The van der Waals surface area contributed by atoms with Crippen LogP contribution in [0.1, 0.15) is 23.5 Å². The number of nitrogens with zero attached hydrogens (tertiary/aromatic N) is 2.